The average molecular weight is 450 g/mol. The van der Waals surface area contributed by atoms with E-state index in [0.717, 1.165) is 10.0 Å². The second kappa shape index (κ2) is 8.59. The highest BCUT2D eigenvalue weighted by Crippen LogP contribution is 2.27. The van der Waals surface area contributed by atoms with Crippen molar-refractivity contribution in [3.63, 3.8) is 0 Å². The van der Waals surface area contributed by atoms with Gasteiger partial charge in [-0.3, -0.25) is 9.69 Å². The van der Waals surface area contributed by atoms with Crippen LogP contribution in [-0.2, 0) is 11.4 Å². The van der Waals surface area contributed by atoms with Crippen molar-refractivity contribution in [3.05, 3.63) is 68.8 Å². The third-order valence-electron chi connectivity index (χ3n) is 3.99. The number of imide groups is 1. The summed E-state index contributed by atoms with van der Waals surface area (Å²) in [4.78, 5) is 25.6. The summed E-state index contributed by atoms with van der Waals surface area (Å²) in [6, 6.07) is 12.5. The average Bonchev–Trinajstić information content (AvgIpc) is 2.90. The molecule has 1 saturated heterocycles. The molecule has 140 valence electrons. The topological polar surface area (TPSA) is 58.6 Å². The summed E-state index contributed by atoms with van der Waals surface area (Å²) < 4.78 is 6.76. The van der Waals surface area contributed by atoms with Crippen molar-refractivity contribution in [2.24, 2.45) is 0 Å². The number of carbonyl (C=O) groups excluding carboxylic acids is 2. The first-order valence-electron chi connectivity index (χ1n) is 8.49. The van der Waals surface area contributed by atoms with Gasteiger partial charge in [-0.05, 0) is 48.4 Å². The predicted molar refractivity (Wildman–Crippen MR) is 108 cm³/mol. The van der Waals surface area contributed by atoms with Crippen molar-refractivity contribution < 1.29 is 14.3 Å². The third kappa shape index (κ3) is 4.70. The summed E-state index contributed by atoms with van der Waals surface area (Å²) >= 11 is 9.33. The van der Waals surface area contributed by atoms with Gasteiger partial charge in [0.15, 0.2) is 0 Å². The lowest BCUT2D eigenvalue weighted by atomic mass is 10.1. The molecule has 1 aliphatic rings. The number of urea groups is 1. The monoisotopic (exact) mass is 448 g/mol. The van der Waals surface area contributed by atoms with E-state index in [-0.39, 0.29) is 11.6 Å². The molecular weight excluding hydrogens is 432 g/mol. The minimum absolute atomic E-state index is 0.239. The van der Waals surface area contributed by atoms with Gasteiger partial charge in [-0.2, -0.15) is 0 Å². The molecule has 1 aliphatic heterocycles. The molecular formula is C20H18BrClN2O3. The minimum Gasteiger partial charge on any atom is -0.488 e. The Labute approximate surface area is 171 Å². The number of benzene rings is 2. The van der Waals surface area contributed by atoms with Gasteiger partial charge in [0.05, 0.1) is 0 Å². The van der Waals surface area contributed by atoms with Crippen molar-refractivity contribution in [3.8, 4) is 5.75 Å². The number of halogens is 2. The fourth-order valence-electron chi connectivity index (χ4n) is 2.66. The van der Waals surface area contributed by atoms with Crippen LogP contribution < -0.4 is 10.1 Å². The molecule has 2 aromatic rings. The maximum absolute atomic E-state index is 12.4. The lowest BCUT2D eigenvalue weighted by Crippen LogP contribution is -2.31. The second-order valence-electron chi connectivity index (χ2n) is 6.04. The first-order valence-corrected chi connectivity index (χ1v) is 9.66. The highest BCUT2D eigenvalue weighted by molar-refractivity contribution is 9.10. The molecule has 0 atom stereocenters. The molecule has 0 radical (unpaired) electrons. The van der Waals surface area contributed by atoms with E-state index in [4.69, 9.17) is 16.3 Å². The van der Waals surface area contributed by atoms with E-state index >= 15 is 0 Å². The summed E-state index contributed by atoms with van der Waals surface area (Å²) in [6.07, 6.45) is 2.34. The molecule has 0 aromatic heterocycles. The zero-order valence-corrected chi connectivity index (χ0v) is 17.0. The largest absolute Gasteiger partial charge is 0.488 e. The molecule has 0 aliphatic carbocycles. The van der Waals surface area contributed by atoms with Crippen LogP contribution in [0.3, 0.4) is 0 Å². The van der Waals surface area contributed by atoms with Gasteiger partial charge < -0.3 is 10.1 Å². The Morgan fingerprint density at radius 3 is 2.63 bits per heavy atom. The molecule has 0 unspecified atom stereocenters. The van der Waals surface area contributed by atoms with Crippen LogP contribution in [0.25, 0.3) is 6.08 Å². The number of nitrogens with one attached hydrogen (secondary N) is 1. The number of rotatable bonds is 6. The van der Waals surface area contributed by atoms with Crippen LogP contribution in [0, 0.1) is 0 Å². The van der Waals surface area contributed by atoms with Gasteiger partial charge >= 0.3 is 6.03 Å². The molecule has 3 rings (SSSR count). The van der Waals surface area contributed by atoms with E-state index in [1.54, 1.807) is 18.2 Å². The smallest absolute Gasteiger partial charge is 0.329 e. The Bertz CT molecular complexity index is 897. The summed E-state index contributed by atoms with van der Waals surface area (Å²) in [5.74, 6) is 0.280. The van der Waals surface area contributed by atoms with E-state index in [2.05, 4.69) is 21.2 Å². The van der Waals surface area contributed by atoms with Gasteiger partial charge in [0.2, 0.25) is 0 Å². The highest BCUT2D eigenvalue weighted by atomic mass is 79.9. The van der Waals surface area contributed by atoms with Crippen LogP contribution in [0.2, 0.25) is 5.02 Å². The number of carbonyl (C=O) groups is 2. The number of hydrogen-bond acceptors (Lipinski definition) is 3. The summed E-state index contributed by atoms with van der Waals surface area (Å²) in [5.41, 5.74) is 1.91. The second-order valence-corrected chi connectivity index (χ2v) is 7.39. The van der Waals surface area contributed by atoms with Crippen LogP contribution in [0.5, 0.6) is 5.75 Å². The van der Waals surface area contributed by atoms with E-state index in [9.17, 15) is 9.59 Å². The zero-order chi connectivity index (χ0) is 19.4. The molecule has 0 spiro atoms. The molecule has 5 nitrogen and oxygen atoms in total. The standard InChI is InChI=1S/C20H18BrClN2O3/c1-2-9-24-19(25)17(23-20(24)26)11-14-10-15(21)5-8-18(14)27-12-13-3-6-16(22)7-4-13/h3-8,10-11H,2,9,12H2,1H3,(H,23,26)/b17-11+. The van der Waals surface area contributed by atoms with Crippen molar-refractivity contribution >= 4 is 45.5 Å². The summed E-state index contributed by atoms with van der Waals surface area (Å²) in [6.45, 7) is 2.66. The first kappa shape index (κ1) is 19.5. The van der Waals surface area contributed by atoms with Gasteiger partial charge in [0.1, 0.15) is 18.1 Å². The molecule has 27 heavy (non-hydrogen) atoms. The Morgan fingerprint density at radius 1 is 1.19 bits per heavy atom. The van der Waals surface area contributed by atoms with Crippen LogP contribution >= 0.6 is 27.5 Å². The van der Waals surface area contributed by atoms with Gasteiger partial charge in [-0.1, -0.05) is 46.6 Å². The van der Waals surface area contributed by atoms with Crippen molar-refractivity contribution in [1.82, 2.24) is 10.2 Å². The van der Waals surface area contributed by atoms with E-state index in [1.165, 1.54) is 4.90 Å². The molecule has 0 saturated carbocycles. The Morgan fingerprint density at radius 2 is 1.93 bits per heavy atom. The number of ether oxygens (including phenoxy) is 1. The molecule has 3 amide bonds. The van der Waals surface area contributed by atoms with Crippen LogP contribution in [-0.4, -0.2) is 23.4 Å². The fraction of sp³-hybridized carbons (Fsp3) is 0.200. The molecule has 1 N–H and O–H groups in total. The molecule has 1 fully saturated rings. The first-order chi connectivity index (χ1) is 13.0. The van der Waals surface area contributed by atoms with E-state index in [0.29, 0.717) is 35.9 Å². The Balaban J connectivity index is 1.83. The molecule has 7 heteroatoms. The zero-order valence-electron chi connectivity index (χ0n) is 14.7. The predicted octanol–water partition coefficient (Wildman–Crippen LogP) is 4.98. The SMILES string of the molecule is CCCN1C(=O)N/C(=C/c2cc(Br)ccc2OCc2ccc(Cl)cc2)C1=O. The van der Waals surface area contributed by atoms with Crippen LogP contribution in [0.4, 0.5) is 4.79 Å². The number of amides is 3. The minimum atomic E-state index is -0.397. The van der Waals surface area contributed by atoms with Gasteiger partial charge in [0.25, 0.3) is 5.91 Å². The maximum atomic E-state index is 12.4. The fourth-order valence-corrected chi connectivity index (χ4v) is 3.16. The van der Waals surface area contributed by atoms with Gasteiger partial charge in [-0.25, -0.2) is 4.79 Å². The maximum Gasteiger partial charge on any atom is 0.329 e. The summed E-state index contributed by atoms with van der Waals surface area (Å²) in [7, 11) is 0. The normalized spacial score (nSPS) is 15.4. The van der Waals surface area contributed by atoms with Crippen molar-refractivity contribution in [1.29, 1.82) is 0 Å². The van der Waals surface area contributed by atoms with Gasteiger partial charge in [0, 0.05) is 21.6 Å². The van der Waals surface area contributed by atoms with E-state index in [1.807, 2.05) is 37.3 Å². The van der Waals surface area contributed by atoms with E-state index < -0.39 is 6.03 Å². The summed E-state index contributed by atoms with van der Waals surface area (Å²) in [5, 5.41) is 3.29. The third-order valence-corrected chi connectivity index (χ3v) is 4.73. The highest BCUT2D eigenvalue weighted by Gasteiger charge is 2.32. The van der Waals surface area contributed by atoms with Crippen molar-refractivity contribution in [2.75, 3.05) is 6.54 Å². The van der Waals surface area contributed by atoms with Crippen LogP contribution in [0.15, 0.2) is 52.6 Å². The lowest BCUT2D eigenvalue weighted by Gasteiger charge is -2.11. The van der Waals surface area contributed by atoms with Crippen molar-refractivity contribution in [2.45, 2.75) is 20.0 Å². The van der Waals surface area contributed by atoms with Gasteiger partial charge in [-0.15, -0.1) is 0 Å². The Hall–Kier alpha value is -2.31. The molecule has 0 bridgehead atoms. The Kier molecular flexibility index (Phi) is 6.19. The molecule has 1 heterocycles. The number of nitrogens with zero attached hydrogens (tertiary/aromatic N) is 1. The quantitative estimate of drug-likeness (QED) is 0.499. The van der Waals surface area contributed by atoms with Crippen LogP contribution in [0.1, 0.15) is 24.5 Å². The molecule has 2 aromatic carbocycles. The number of hydrogen-bond donors (Lipinski definition) is 1. The lowest BCUT2D eigenvalue weighted by molar-refractivity contribution is -0.122.